The Morgan fingerprint density at radius 2 is 1.83 bits per heavy atom. The van der Waals surface area contributed by atoms with E-state index in [0.717, 1.165) is 0 Å². The Balaban J connectivity index is 1.91. The number of carbonyl (C=O) groups is 2. The summed E-state index contributed by atoms with van der Waals surface area (Å²) in [4.78, 5) is 23.5. The summed E-state index contributed by atoms with van der Waals surface area (Å²) in [7, 11) is 0. The number of hydrogen-bond acceptors (Lipinski definition) is 3. The van der Waals surface area contributed by atoms with Gasteiger partial charge in [-0.15, -0.1) is 0 Å². The van der Waals surface area contributed by atoms with Crippen LogP contribution in [0.2, 0.25) is 10.0 Å². The molecular formula is C17H15Cl2FN2O2. The number of hydrogen-bond donors (Lipinski definition) is 2. The van der Waals surface area contributed by atoms with Crippen LogP contribution in [-0.4, -0.2) is 24.8 Å². The maximum absolute atomic E-state index is 13.7. The summed E-state index contributed by atoms with van der Waals surface area (Å²) in [6.07, 6.45) is 0. The van der Waals surface area contributed by atoms with Crippen molar-refractivity contribution in [2.24, 2.45) is 0 Å². The Labute approximate surface area is 149 Å². The molecule has 0 bridgehead atoms. The van der Waals surface area contributed by atoms with E-state index in [1.165, 1.54) is 25.1 Å². The summed E-state index contributed by atoms with van der Waals surface area (Å²) in [6.45, 7) is 1.92. The fraction of sp³-hybridized carbons (Fsp3) is 0.176. The monoisotopic (exact) mass is 368 g/mol. The van der Waals surface area contributed by atoms with Gasteiger partial charge in [0.2, 0.25) is 0 Å². The fourth-order valence-electron chi connectivity index (χ4n) is 2.14. The summed E-state index contributed by atoms with van der Waals surface area (Å²) in [6, 6.07) is 8.94. The van der Waals surface area contributed by atoms with Crippen LogP contribution in [0, 0.1) is 5.82 Å². The van der Waals surface area contributed by atoms with Crippen LogP contribution in [0.25, 0.3) is 0 Å². The van der Waals surface area contributed by atoms with Gasteiger partial charge in [0.15, 0.2) is 5.78 Å². The normalized spacial score (nSPS) is 10.3. The zero-order valence-corrected chi connectivity index (χ0v) is 14.3. The highest BCUT2D eigenvalue weighted by molar-refractivity contribution is 6.42. The van der Waals surface area contributed by atoms with Crippen molar-refractivity contribution >= 4 is 40.6 Å². The van der Waals surface area contributed by atoms with E-state index in [2.05, 4.69) is 10.6 Å². The number of benzene rings is 2. The van der Waals surface area contributed by atoms with Crippen LogP contribution in [-0.2, 0) is 0 Å². The molecule has 2 N–H and O–H groups in total. The lowest BCUT2D eigenvalue weighted by Gasteiger charge is -2.11. The minimum Gasteiger partial charge on any atom is -0.383 e. The number of rotatable bonds is 6. The maximum atomic E-state index is 13.7. The summed E-state index contributed by atoms with van der Waals surface area (Å²) >= 11 is 11.7. The van der Waals surface area contributed by atoms with Gasteiger partial charge in [-0.1, -0.05) is 29.3 Å². The molecule has 2 rings (SSSR count). The minimum absolute atomic E-state index is 0.00769. The van der Waals surface area contributed by atoms with Crippen molar-refractivity contribution in [2.45, 2.75) is 6.92 Å². The Bertz CT molecular complexity index is 781. The number of amides is 1. The molecule has 0 spiro atoms. The number of anilines is 1. The van der Waals surface area contributed by atoms with E-state index in [0.29, 0.717) is 27.8 Å². The summed E-state index contributed by atoms with van der Waals surface area (Å²) < 4.78 is 13.7. The molecule has 1 amide bonds. The summed E-state index contributed by atoms with van der Waals surface area (Å²) in [5.74, 6) is -1.25. The van der Waals surface area contributed by atoms with Gasteiger partial charge >= 0.3 is 0 Å². The van der Waals surface area contributed by atoms with Crippen molar-refractivity contribution in [3.05, 3.63) is 63.4 Å². The molecular weight excluding hydrogens is 354 g/mol. The van der Waals surface area contributed by atoms with E-state index >= 15 is 0 Å². The van der Waals surface area contributed by atoms with Gasteiger partial charge in [-0.3, -0.25) is 9.59 Å². The van der Waals surface area contributed by atoms with Gasteiger partial charge in [0.05, 0.1) is 15.6 Å². The van der Waals surface area contributed by atoms with E-state index in [9.17, 15) is 14.0 Å². The quantitative estimate of drug-likeness (QED) is 0.593. The third-order valence-electron chi connectivity index (χ3n) is 3.27. The molecule has 7 heteroatoms. The maximum Gasteiger partial charge on any atom is 0.251 e. The van der Waals surface area contributed by atoms with Gasteiger partial charge in [-0.2, -0.15) is 0 Å². The van der Waals surface area contributed by atoms with Crippen molar-refractivity contribution in [1.82, 2.24) is 5.32 Å². The molecule has 0 saturated carbocycles. The second-order valence-corrected chi connectivity index (χ2v) is 5.84. The largest absolute Gasteiger partial charge is 0.383 e. The van der Waals surface area contributed by atoms with Crippen LogP contribution >= 0.6 is 23.2 Å². The van der Waals surface area contributed by atoms with E-state index in [-0.39, 0.29) is 23.8 Å². The number of Topliss-reactive ketones (excluding diaryl/α,β-unsaturated/α-hetero) is 1. The van der Waals surface area contributed by atoms with Crippen molar-refractivity contribution < 1.29 is 14.0 Å². The van der Waals surface area contributed by atoms with Gasteiger partial charge in [0, 0.05) is 24.3 Å². The molecule has 0 aliphatic heterocycles. The number of nitrogens with one attached hydrogen (secondary N) is 2. The lowest BCUT2D eigenvalue weighted by Crippen LogP contribution is -2.29. The highest BCUT2D eigenvalue weighted by Crippen LogP contribution is 2.22. The average molecular weight is 369 g/mol. The van der Waals surface area contributed by atoms with Crippen molar-refractivity contribution in [3.63, 3.8) is 0 Å². The topological polar surface area (TPSA) is 58.2 Å². The zero-order valence-electron chi connectivity index (χ0n) is 12.8. The van der Waals surface area contributed by atoms with Crippen LogP contribution < -0.4 is 10.6 Å². The standard InChI is InChI=1S/C17H15Cl2FN2O2/c1-10(23)16-14(20)3-2-4-15(16)21-7-8-22-17(24)11-5-6-12(18)13(19)9-11/h2-6,9,21H,7-8H2,1H3,(H,22,24). The molecule has 0 unspecified atom stereocenters. The molecule has 0 heterocycles. The van der Waals surface area contributed by atoms with E-state index in [4.69, 9.17) is 23.2 Å². The molecule has 126 valence electrons. The molecule has 0 aliphatic rings. The number of halogens is 3. The minimum atomic E-state index is -0.577. The molecule has 0 fully saturated rings. The molecule has 0 saturated heterocycles. The van der Waals surface area contributed by atoms with Crippen LogP contribution in [0.1, 0.15) is 27.6 Å². The molecule has 0 atom stereocenters. The van der Waals surface area contributed by atoms with Crippen LogP contribution in [0.15, 0.2) is 36.4 Å². The van der Waals surface area contributed by atoms with E-state index in [1.807, 2.05) is 0 Å². The summed E-state index contributed by atoms with van der Waals surface area (Å²) in [5, 5.41) is 6.31. The molecule has 4 nitrogen and oxygen atoms in total. The third kappa shape index (κ3) is 4.46. The molecule has 0 aromatic heterocycles. The van der Waals surface area contributed by atoms with Crippen molar-refractivity contribution in [1.29, 1.82) is 0 Å². The van der Waals surface area contributed by atoms with Crippen LogP contribution in [0.5, 0.6) is 0 Å². The summed E-state index contributed by atoms with van der Waals surface area (Å²) in [5.41, 5.74) is 0.791. The van der Waals surface area contributed by atoms with Gasteiger partial charge in [-0.25, -0.2) is 4.39 Å². The first-order valence-electron chi connectivity index (χ1n) is 7.16. The number of ketones is 1. The molecule has 0 aliphatic carbocycles. The Kier molecular flexibility index (Phi) is 6.17. The molecule has 2 aromatic rings. The molecule has 24 heavy (non-hydrogen) atoms. The predicted octanol–water partition coefficient (Wildman–Crippen LogP) is 4.18. The SMILES string of the molecule is CC(=O)c1c(F)cccc1NCCNC(=O)c1ccc(Cl)c(Cl)c1. The second kappa shape index (κ2) is 8.13. The highest BCUT2D eigenvalue weighted by atomic mass is 35.5. The Hall–Kier alpha value is -2.11. The number of carbonyl (C=O) groups excluding carboxylic acids is 2. The first kappa shape index (κ1) is 18.2. The Morgan fingerprint density at radius 3 is 2.50 bits per heavy atom. The van der Waals surface area contributed by atoms with Crippen LogP contribution in [0.3, 0.4) is 0 Å². The van der Waals surface area contributed by atoms with Gasteiger partial charge in [0.1, 0.15) is 5.82 Å². The Morgan fingerprint density at radius 1 is 1.08 bits per heavy atom. The van der Waals surface area contributed by atoms with E-state index in [1.54, 1.807) is 18.2 Å². The lowest BCUT2D eigenvalue weighted by atomic mass is 10.1. The van der Waals surface area contributed by atoms with Gasteiger partial charge in [-0.05, 0) is 37.3 Å². The second-order valence-electron chi connectivity index (χ2n) is 5.03. The van der Waals surface area contributed by atoms with Crippen molar-refractivity contribution in [3.8, 4) is 0 Å². The van der Waals surface area contributed by atoms with Gasteiger partial charge < -0.3 is 10.6 Å². The van der Waals surface area contributed by atoms with Crippen LogP contribution in [0.4, 0.5) is 10.1 Å². The molecule has 2 aromatic carbocycles. The third-order valence-corrected chi connectivity index (χ3v) is 4.01. The molecule has 0 radical (unpaired) electrons. The zero-order chi connectivity index (χ0) is 17.7. The first-order chi connectivity index (χ1) is 11.4. The fourth-order valence-corrected chi connectivity index (χ4v) is 2.44. The average Bonchev–Trinajstić information content (AvgIpc) is 2.53. The lowest BCUT2D eigenvalue weighted by molar-refractivity contribution is 0.0953. The smallest absolute Gasteiger partial charge is 0.251 e. The first-order valence-corrected chi connectivity index (χ1v) is 7.92. The predicted molar refractivity (Wildman–Crippen MR) is 93.7 cm³/mol. The highest BCUT2D eigenvalue weighted by Gasteiger charge is 2.12. The van der Waals surface area contributed by atoms with Gasteiger partial charge in [0.25, 0.3) is 5.91 Å². The van der Waals surface area contributed by atoms with E-state index < -0.39 is 5.82 Å². The van der Waals surface area contributed by atoms with Crippen molar-refractivity contribution in [2.75, 3.05) is 18.4 Å².